The predicted molar refractivity (Wildman–Crippen MR) is 125 cm³/mol. The fourth-order valence-corrected chi connectivity index (χ4v) is 5.11. The molecule has 8 nitrogen and oxygen atoms in total. The van der Waals surface area contributed by atoms with Crippen LogP contribution in [0.25, 0.3) is 10.9 Å². The van der Waals surface area contributed by atoms with E-state index in [1.165, 1.54) is 18.4 Å². The van der Waals surface area contributed by atoms with E-state index in [4.69, 9.17) is 4.74 Å². The molecule has 172 valence electrons. The highest BCUT2D eigenvalue weighted by Crippen LogP contribution is 2.33. The number of hydrogen-bond acceptors (Lipinski definition) is 6. The summed E-state index contributed by atoms with van der Waals surface area (Å²) >= 11 is 0. The van der Waals surface area contributed by atoms with Crippen LogP contribution in [-0.2, 0) is 17.8 Å². The lowest BCUT2D eigenvalue weighted by Crippen LogP contribution is -2.39. The topological polar surface area (TPSA) is 88.9 Å². The number of ether oxygens (including phenoxy) is 1. The second-order valence-electron chi connectivity index (χ2n) is 8.95. The molecule has 1 atom stereocenters. The maximum Gasteiger partial charge on any atom is 0.252 e. The fourth-order valence-electron chi connectivity index (χ4n) is 5.11. The Hall–Kier alpha value is -2.58. The second kappa shape index (κ2) is 9.92. The first-order valence-corrected chi connectivity index (χ1v) is 11.7. The summed E-state index contributed by atoms with van der Waals surface area (Å²) in [5, 5.41) is 13.6. The molecule has 1 fully saturated rings. The van der Waals surface area contributed by atoms with Crippen molar-refractivity contribution in [3.8, 4) is 0 Å². The molecule has 0 amide bonds. The van der Waals surface area contributed by atoms with Gasteiger partial charge in [-0.05, 0) is 66.8 Å². The van der Waals surface area contributed by atoms with Crippen LogP contribution in [0.5, 0.6) is 0 Å². The van der Waals surface area contributed by atoms with Crippen LogP contribution in [0.15, 0.2) is 23.0 Å². The van der Waals surface area contributed by atoms with Gasteiger partial charge in [0.15, 0.2) is 5.82 Å². The highest BCUT2D eigenvalue weighted by molar-refractivity contribution is 5.83. The van der Waals surface area contributed by atoms with E-state index in [2.05, 4.69) is 58.3 Å². The van der Waals surface area contributed by atoms with Crippen LogP contribution in [0.4, 0.5) is 0 Å². The number of fused-ring (bicyclic) bond motifs is 1. The largest absolute Gasteiger partial charge is 0.383 e. The number of aromatic nitrogens is 5. The maximum absolute atomic E-state index is 13.1. The molecule has 2 heterocycles. The van der Waals surface area contributed by atoms with Gasteiger partial charge in [-0.25, -0.2) is 4.68 Å². The first-order valence-electron chi connectivity index (χ1n) is 11.7. The summed E-state index contributed by atoms with van der Waals surface area (Å²) in [4.78, 5) is 18.7. The molecule has 0 aliphatic heterocycles. The molecule has 8 heteroatoms. The van der Waals surface area contributed by atoms with Crippen LogP contribution < -0.4 is 5.56 Å². The first kappa shape index (κ1) is 22.6. The molecule has 1 aliphatic rings. The minimum atomic E-state index is -0.0145. The Morgan fingerprint density at radius 2 is 2.03 bits per heavy atom. The van der Waals surface area contributed by atoms with E-state index in [-0.39, 0.29) is 11.6 Å². The minimum Gasteiger partial charge on any atom is -0.383 e. The molecule has 3 aromatic rings. The van der Waals surface area contributed by atoms with E-state index < -0.39 is 0 Å². The highest BCUT2D eigenvalue weighted by atomic mass is 16.5. The number of methoxy groups -OCH3 is 1. The molecule has 1 aromatic carbocycles. The maximum atomic E-state index is 13.1. The van der Waals surface area contributed by atoms with Gasteiger partial charge in [0.2, 0.25) is 0 Å². The molecule has 1 saturated carbocycles. The molecular weight excluding hydrogens is 404 g/mol. The van der Waals surface area contributed by atoms with Gasteiger partial charge in [-0.1, -0.05) is 25.8 Å². The SMILES string of the molecule is CC[C@@H](c1nnnn1CCOC)N(Cc1cc2c(C)cc(C)cc2[nH]c1=O)C1CCCC1. The summed E-state index contributed by atoms with van der Waals surface area (Å²) in [7, 11) is 1.68. The van der Waals surface area contributed by atoms with Crippen LogP contribution in [0, 0.1) is 13.8 Å². The number of tetrazole rings is 1. The molecule has 2 aromatic heterocycles. The number of hydrogen-bond donors (Lipinski definition) is 1. The highest BCUT2D eigenvalue weighted by Gasteiger charge is 2.32. The molecule has 0 spiro atoms. The monoisotopic (exact) mass is 438 g/mol. The van der Waals surface area contributed by atoms with Crippen molar-refractivity contribution in [2.45, 2.75) is 78.0 Å². The summed E-state index contributed by atoms with van der Waals surface area (Å²) in [5.74, 6) is 0.848. The Kier molecular flexibility index (Phi) is 7.01. The van der Waals surface area contributed by atoms with E-state index >= 15 is 0 Å². The number of rotatable bonds is 9. The van der Waals surface area contributed by atoms with Crippen molar-refractivity contribution >= 4 is 10.9 Å². The third-order valence-electron chi connectivity index (χ3n) is 6.69. The molecule has 1 aliphatic carbocycles. The van der Waals surface area contributed by atoms with Crippen molar-refractivity contribution in [1.82, 2.24) is 30.1 Å². The summed E-state index contributed by atoms with van der Waals surface area (Å²) in [6.45, 7) is 8.08. The molecule has 4 rings (SSSR count). The number of H-pyrrole nitrogens is 1. The van der Waals surface area contributed by atoms with Gasteiger partial charge in [-0.2, -0.15) is 0 Å². The number of aromatic amines is 1. The first-order chi connectivity index (χ1) is 15.5. The average molecular weight is 439 g/mol. The van der Waals surface area contributed by atoms with Crippen LogP contribution in [0.2, 0.25) is 0 Å². The van der Waals surface area contributed by atoms with Gasteiger partial charge < -0.3 is 9.72 Å². The number of nitrogens with zero attached hydrogens (tertiary/aromatic N) is 5. The van der Waals surface area contributed by atoms with Crippen molar-refractivity contribution < 1.29 is 4.74 Å². The number of benzene rings is 1. The van der Waals surface area contributed by atoms with Gasteiger partial charge >= 0.3 is 0 Å². The van der Waals surface area contributed by atoms with Crippen molar-refractivity contribution in [2.24, 2.45) is 0 Å². The lowest BCUT2D eigenvalue weighted by molar-refractivity contribution is 0.109. The third kappa shape index (κ3) is 4.61. The third-order valence-corrected chi connectivity index (χ3v) is 6.69. The van der Waals surface area contributed by atoms with E-state index in [1.54, 1.807) is 7.11 Å². The summed E-state index contributed by atoms with van der Waals surface area (Å²) in [5.41, 5.74) is 4.02. The Bertz CT molecular complexity index is 1120. The van der Waals surface area contributed by atoms with Crippen molar-refractivity contribution in [2.75, 3.05) is 13.7 Å². The molecule has 0 unspecified atom stereocenters. The zero-order chi connectivity index (χ0) is 22.7. The molecule has 0 bridgehead atoms. The van der Waals surface area contributed by atoms with Gasteiger partial charge in [0.1, 0.15) is 0 Å². The summed E-state index contributed by atoms with van der Waals surface area (Å²) in [6, 6.07) is 6.74. The molecule has 0 saturated heterocycles. The van der Waals surface area contributed by atoms with E-state index in [0.29, 0.717) is 25.7 Å². The standard InChI is InChI=1S/C24H34N6O2/c1-5-22(23-26-27-28-30(23)10-11-32-4)29(19-8-6-7-9-19)15-18-14-20-17(3)12-16(2)13-21(20)25-24(18)31/h12-14,19,22H,5-11,15H2,1-4H3,(H,25,31)/t22-/m0/s1. The lowest BCUT2D eigenvalue weighted by atomic mass is 10.0. The zero-order valence-electron chi connectivity index (χ0n) is 19.6. The van der Waals surface area contributed by atoms with Crippen molar-refractivity contribution in [1.29, 1.82) is 0 Å². The quantitative estimate of drug-likeness (QED) is 0.548. The molecule has 1 N–H and O–H groups in total. The van der Waals surface area contributed by atoms with E-state index in [0.717, 1.165) is 47.1 Å². The van der Waals surface area contributed by atoms with E-state index in [1.807, 2.05) is 10.7 Å². The lowest BCUT2D eigenvalue weighted by Gasteiger charge is -2.35. The Morgan fingerprint density at radius 3 is 2.75 bits per heavy atom. The summed E-state index contributed by atoms with van der Waals surface area (Å²) < 4.78 is 7.08. The Balaban J connectivity index is 1.72. The zero-order valence-corrected chi connectivity index (χ0v) is 19.6. The van der Waals surface area contributed by atoms with Crippen molar-refractivity contribution in [3.63, 3.8) is 0 Å². The summed E-state index contributed by atoms with van der Waals surface area (Å²) in [6.07, 6.45) is 5.59. The van der Waals surface area contributed by atoms with E-state index in [9.17, 15) is 4.79 Å². The van der Waals surface area contributed by atoms with Crippen molar-refractivity contribution in [3.05, 3.63) is 51.1 Å². The predicted octanol–water partition coefficient (Wildman–Crippen LogP) is 3.67. The minimum absolute atomic E-state index is 0.0145. The normalized spacial score (nSPS) is 15.8. The Labute approximate surface area is 189 Å². The van der Waals surface area contributed by atoms with Crippen LogP contribution in [-0.4, -0.2) is 49.8 Å². The Morgan fingerprint density at radius 1 is 1.25 bits per heavy atom. The molecular formula is C24H34N6O2. The smallest absolute Gasteiger partial charge is 0.252 e. The van der Waals surface area contributed by atoms with Gasteiger partial charge in [-0.3, -0.25) is 9.69 Å². The van der Waals surface area contributed by atoms with Gasteiger partial charge in [0, 0.05) is 36.2 Å². The average Bonchev–Trinajstić information content (AvgIpc) is 3.45. The van der Waals surface area contributed by atoms with Gasteiger partial charge in [0.05, 0.1) is 19.2 Å². The van der Waals surface area contributed by atoms with Crippen LogP contribution in [0.1, 0.15) is 67.6 Å². The fraction of sp³-hybridized carbons (Fsp3) is 0.583. The van der Waals surface area contributed by atoms with Crippen LogP contribution >= 0.6 is 0 Å². The number of aryl methyl sites for hydroxylation is 2. The number of pyridine rings is 1. The molecule has 32 heavy (non-hydrogen) atoms. The van der Waals surface area contributed by atoms with Gasteiger partial charge in [0.25, 0.3) is 5.56 Å². The number of nitrogens with one attached hydrogen (secondary N) is 1. The molecule has 0 radical (unpaired) electrons. The van der Waals surface area contributed by atoms with Gasteiger partial charge in [-0.15, -0.1) is 5.10 Å². The van der Waals surface area contributed by atoms with Crippen LogP contribution in [0.3, 0.4) is 0 Å². The second-order valence-corrected chi connectivity index (χ2v) is 8.95.